The summed E-state index contributed by atoms with van der Waals surface area (Å²) >= 11 is 0. The third-order valence-corrected chi connectivity index (χ3v) is 7.44. The van der Waals surface area contributed by atoms with E-state index in [-0.39, 0.29) is 18.8 Å². The lowest BCUT2D eigenvalue weighted by molar-refractivity contribution is -0.138. The van der Waals surface area contributed by atoms with Gasteiger partial charge in [0, 0.05) is 25.0 Å². The molecule has 5 rings (SSSR count). The standard InChI is InChI=1S/C34H35NO3.ClH/c1-34(2,21-33(36)37)31-13-15-32(16-14-31)38-24-26-9-6-10-27(19-26)28-11-12-30-23-35(18-17-29(30)20-28)22-25-7-4-3-5-8-25;/h3-16,19-20H,17-18,21-24H2,1-2H3,(H,36,37);1H. The number of nitrogens with zero attached hydrogens (tertiary/aromatic N) is 1. The van der Waals surface area contributed by atoms with Crippen molar-refractivity contribution in [1.29, 1.82) is 0 Å². The Morgan fingerprint density at radius 3 is 2.31 bits per heavy atom. The number of aliphatic carboxylic acids is 1. The van der Waals surface area contributed by atoms with E-state index in [1.165, 1.54) is 27.8 Å². The minimum Gasteiger partial charge on any atom is -0.489 e. The zero-order chi connectivity index (χ0) is 26.5. The fourth-order valence-corrected chi connectivity index (χ4v) is 5.26. The maximum atomic E-state index is 11.2. The summed E-state index contributed by atoms with van der Waals surface area (Å²) in [5, 5.41) is 9.17. The lowest BCUT2D eigenvalue weighted by Crippen LogP contribution is -2.30. The number of benzene rings is 4. The largest absolute Gasteiger partial charge is 0.489 e. The van der Waals surface area contributed by atoms with Crippen molar-refractivity contribution < 1.29 is 14.6 Å². The van der Waals surface area contributed by atoms with Gasteiger partial charge in [0.15, 0.2) is 0 Å². The van der Waals surface area contributed by atoms with Crippen molar-refractivity contribution >= 4 is 18.4 Å². The molecule has 202 valence electrons. The summed E-state index contributed by atoms with van der Waals surface area (Å²) in [4.78, 5) is 13.7. The smallest absolute Gasteiger partial charge is 0.304 e. The average molecular weight is 542 g/mol. The van der Waals surface area contributed by atoms with Crippen LogP contribution in [0.5, 0.6) is 5.75 Å². The molecule has 0 amide bonds. The van der Waals surface area contributed by atoms with Gasteiger partial charge in [0.25, 0.3) is 0 Å². The molecule has 4 nitrogen and oxygen atoms in total. The summed E-state index contributed by atoms with van der Waals surface area (Å²) < 4.78 is 6.06. The number of hydrogen-bond acceptors (Lipinski definition) is 3. The van der Waals surface area contributed by atoms with E-state index in [0.29, 0.717) is 6.61 Å². The van der Waals surface area contributed by atoms with E-state index in [1.54, 1.807) is 0 Å². The summed E-state index contributed by atoms with van der Waals surface area (Å²) in [5.74, 6) is -0.0155. The quantitative estimate of drug-likeness (QED) is 0.236. The van der Waals surface area contributed by atoms with Crippen LogP contribution in [0.4, 0.5) is 0 Å². The molecule has 0 aromatic heterocycles. The van der Waals surface area contributed by atoms with Crippen LogP contribution in [0.3, 0.4) is 0 Å². The molecule has 1 aliphatic heterocycles. The van der Waals surface area contributed by atoms with Crippen molar-refractivity contribution in [3.05, 3.63) is 125 Å². The molecule has 1 heterocycles. The van der Waals surface area contributed by atoms with E-state index in [9.17, 15) is 9.90 Å². The van der Waals surface area contributed by atoms with Crippen LogP contribution in [0.1, 0.15) is 48.1 Å². The molecule has 5 heteroatoms. The number of carboxylic acids is 1. The van der Waals surface area contributed by atoms with Crippen LogP contribution in [-0.4, -0.2) is 22.5 Å². The molecule has 39 heavy (non-hydrogen) atoms. The minimum absolute atomic E-state index is 0. The minimum atomic E-state index is -0.792. The monoisotopic (exact) mass is 541 g/mol. The van der Waals surface area contributed by atoms with Gasteiger partial charge in [-0.1, -0.05) is 92.7 Å². The van der Waals surface area contributed by atoms with Crippen LogP contribution in [0, 0.1) is 0 Å². The van der Waals surface area contributed by atoms with Gasteiger partial charge < -0.3 is 9.84 Å². The Balaban J connectivity index is 0.00000353. The third-order valence-electron chi connectivity index (χ3n) is 7.44. The zero-order valence-corrected chi connectivity index (χ0v) is 23.4. The summed E-state index contributed by atoms with van der Waals surface area (Å²) in [6, 6.07) is 33.9. The Kier molecular flexibility index (Phi) is 9.11. The maximum Gasteiger partial charge on any atom is 0.304 e. The molecule has 1 N–H and O–H groups in total. The topological polar surface area (TPSA) is 49.8 Å². The van der Waals surface area contributed by atoms with Gasteiger partial charge >= 0.3 is 5.97 Å². The molecule has 0 unspecified atom stereocenters. The third kappa shape index (κ3) is 7.29. The highest BCUT2D eigenvalue weighted by Gasteiger charge is 2.24. The van der Waals surface area contributed by atoms with Crippen molar-refractivity contribution in [2.45, 2.75) is 51.8 Å². The molecule has 1 aliphatic rings. The Morgan fingerprint density at radius 2 is 1.56 bits per heavy atom. The number of fused-ring (bicyclic) bond motifs is 1. The average Bonchev–Trinajstić information content (AvgIpc) is 2.92. The van der Waals surface area contributed by atoms with E-state index in [1.807, 2.05) is 38.1 Å². The molecular weight excluding hydrogens is 506 g/mol. The van der Waals surface area contributed by atoms with E-state index in [0.717, 1.165) is 42.9 Å². The molecule has 4 aromatic rings. The van der Waals surface area contributed by atoms with E-state index >= 15 is 0 Å². The molecule has 4 aromatic carbocycles. The van der Waals surface area contributed by atoms with Crippen molar-refractivity contribution in [2.75, 3.05) is 6.54 Å². The lowest BCUT2D eigenvalue weighted by atomic mass is 9.82. The number of rotatable bonds is 9. The van der Waals surface area contributed by atoms with Gasteiger partial charge in [-0.05, 0) is 63.6 Å². The fourth-order valence-electron chi connectivity index (χ4n) is 5.26. The van der Waals surface area contributed by atoms with Crippen LogP contribution in [0.15, 0.2) is 97.1 Å². The maximum absolute atomic E-state index is 11.2. The highest BCUT2D eigenvalue weighted by Crippen LogP contribution is 2.30. The van der Waals surface area contributed by atoms with E-state index < -0.39 is 11.4 Å². The van der Waals surface area contributed by atoms with Crippen LogP contribution >= 0.6 is 12.4 Å². The highest BCUT2D eigenvalue weighted by atomic mass is 35.5. The normalized spacial score (nSPS) is 13.3. The van der Waals surface area contributed by atoms with Gasteiger partial charge in [-0.3, -0.25) is 9.69 Å². The van der Waals surface area contributed by atoms with Crippen LogP contribution in [-0.2, 0) is 36.3 Å². The van der Waals surface area contributed by atoms with Crippen molar-refractivity contribution in [3.63, 3.8) is 0 Å². The number of carbonyl (C=O) groups is 1. The summed E-state index contributed by atoms with van der Waals surface area (Å²) in [7, 11) is 0. The molecule has 0 fully saturated rings. The van der Waals surface area contributed by atoms with Crippen molar-refractivity contribution in [3.8, 4) is 16.9 Å². The number of halogens is 1. The molecule has 0 saturated carbocycles. The first-order valence-corrected chi connectivity index (χ1v) is 13.3. The molecule has 0 bridgehead atoms. The highest BCUT2D eigenvalue weighted by molar-refractivity contribution is 5.85. The second-order valence-corrected chi connectivity index (χ2v) is 10.9. The molecule has 0 saturated heterocycles. The van der Waals surface area contributed by atoms with E-state index in [2.05, 4.69) is 77.7 Å². The predicted molar refractivity (Wildman–Crippen MR) is 159 cm³/mol. The fraction of sp³-hybridized carbons (Fsp3) is 0.265. The Bertz CT molecular complexity index is 1400. The van der Waals surface area contributed by atoms with Crippen molar-refractivity contribution in [2.24, 2.45) is 0 Å². The first-order valence-electron chi connectivity index (χ1n) is 13.3. The van der Waals surface area contributed by atoms with E-state index in [4.69, 9.17) is 4.74 Å². The van der Waals surface area contributed by atoms with Crippen LogP contribution < -0.4 is 4.74 Å². The van der Waals surface area contributed by atoms with Gasteiger partial charge in [0.05, 0.1) is 6.42 Å². The second-order valence-electron chi connectivity index (χ2n) is 10.9. The zero-order valence-electron chi connectivity index (χ0n) is 22.6. The van der Waals surface area contributed by atoms with Crippen molar-refractivity contribution in [1.82, 2.24) is 4.90 Å². The Labute approximate surface area is 237 Å². The first-order chi connectivity index (χ1) is 18.4. The predicted octanol–water partition coefficient (Wildman–Crippen LogP) is 7.67. The van der Waals surface area contributed by atoms with Gasteiger partial charge in [-0.15, -0.1) is 12.4 Å². The summed E-state index contributed by atoms with van der Waals surface area (Å²) in [5.41, 5.74) is 8.36. The van der Waals surface area contributed by atoms with Crippen LogP contribution in [0.25, 0.3) is 11.1 Å². The van der Waals surface area contributed by atoms with Gasteiger partial charge in [0.1, 0.15) is 12.4 Å². The van der Waals surface area contributed by atoms with Gasteiger partial charge in [0.2, 0.25) is 0 Å². The molecule has 0 spiro atoms. The van der Waals surface area contributed by atoms with Gasteiger partial charge in [-0.2, -0.15) is 0 Å². The number of hydrogen-bond donors (Lipinski definition) is 1. The molecule has 0 aliphatic carbocycles. The summed E-state index contributed by atoms with van der Waals surface area (Å²) in [6.07, 6.45) is 1.16. The Morgan fingerprint density at radius 1 is 0.846 bits per heavy atom. The van der Waals surface area contributed by atoms with Crippen LogP contribution in [0.2, 0.25) is 0 Å². The molecular formula is C34H36ClNO3. The second kappa shape index (κ2) is 12.5. The van der Waals surface area contributed by atoms with Gasteiger partial charge in [-0.25, -0.2) is 0 Å². The molecule has 0 atom stereocenters. The summed E-state index contributed by atoms with van der Waals surface area (Å²) in [6.45, 7) is 7.43. The number of ether oxygens (including phenoxy) is 1. The first kappa shape index (κ1) is 28.4. The molecule has 0 radical (unpaired) electrons. The lowest BCUT2D eigenvalue weighted by Gasteiger charge is -2.29. The Hall–Kier alpha value is -3.60. The number of carboxylic acid groups (broad SMARTS) is 1. The SMILES string of the molecule is CC(C)(CC(=O)O)c1ccc(OCc2cccc(-c3ccc4c(c3)CCN(Cc3ccccc3)C4)c2)cc1.Cl.